The van der Waals surface area contributed by atoms with Gasteiger partial charge in [-0.15, -0.1) is 0 Å². The largest absolute Gasteiger partial charge is 0.454 e. The van der Waals surface area contributed by atoms with Crippen LogP contribution in [0.15, 0.2) is 66.7 Å². The number of ether oxygens (including phenoxy) is 2. The van der Waals surface area contributed by atoms with E-state index in [0.29, 0.717) is 50.9 Å². The number of carbonyl (C=O) groups is 2. The zero-order chi connectivity index (χ0) is 26.2. The number of aryl methyl sites for hydroxylation is 1. The number of hydrogen-bond acceptors (Lipinski definition) is 6. The van der Waals surface area contributed by atoms with Gasteiger partial charge in [-0.1, -0.05) is 53.8 Å². The van der Waals surface area contributed by atoms with E-state index in [1.165, 1.54) is 10.5 Å². The highest BCUT2D eigenvalue weighted by molar-refractivity contribution is 7.18. The topological polar surface area (TPSA) is 107 Å². The van der Waals surface area contributed by atoms with Crippen LogP contribution in [-0.4, -0.2) is 23.7 Å². The summed E-state index contributed by atoms with van der Waals surface area (Å²) >= 11 is 1.13. The summed E-state index contributed by atoms with van der Waals surface area (Å²) in [6.45, 7) is 2.43. The van der Waals surface area contributed by atoms with Gasteiger partial charge < -0.3 is 20.5 Å². The van der Waals surface area contributed by atoms with E-state index in [-0.39, 0.29) is 12.7 Å². The Morgan fingerprint density at radius 2 is 1.84 bits per heavy atom. The number of thiazole rings is 1. The summed E-state index contributed by atoms with van der Waals surface area (Å²) in [4.78, 5) is 32.9. The van der Waals surface area contributed by atoms with Gasteiger partial charge in [0, 0.05) is 12.1 Å². The molecular weight excluding hydrogens is 500 g/mol. The van der Waals surface area contributed by atoms with Crippen molar-refractivity contribution in [3.8, 4) is 22.8 Å². The molecule has 0 unspecified atom stereocenters. The predicted octanol–water partition coefficient (Wildman–Crippen LogP) is 5.87. The maximum atomic E-state index is 13.5. The van der Waals surface area contributed by atoms with Crippen LogP contribution in [-0.2, 0) is 6.54 Å². The van der Waals surface area contributed by atoms with E-state index < -0.39 is 6.03 Å². The van der Waals surface area contributed by atoms with E-state index in [2.05, 4.69) is 11.4 Å². The summed E-state index contributed by atoms with van der Waals surface area (Å²) in [6, 6.07) is 20.5. The summed E-state index contributed by atoms with van der Waals surface area (Å²) in [6.07, 6.45) is 2.27. The Morgan fingerprint density at radius 3 is 2.61 bits per heavy atom. The Kier molecular flexibility index (Phi) is 6.21. The molecule has 1 aliphatic heterocycles. The molecule has 2 aliphatic rings. The van der Waals surface area contributed by atoms with Gasteiger partial charge in [0.25, 0.3) is 5.91 Å². The summed E-state index contributed by atoms with van der Waals surface area (Å²) in [5, 5.41) is 3.31. The molecule has 1 aromatic heterocycles. The lowest BCUT2D eigenvalue weighted by molar-refractivity contribution is 0.0955. The number of carbonyl (C=O) groups excluding carboxylic acids is 2. The van der Waals surface area contributed by atoms with Gasteiger partial charge in [-0.3, -0.25) is 4.79 Å². The number of urea groups is 1. The first kappa shape index (κ1) is 24.0. The lowest BCUT2D eigenvalue weighted by Crippen LogP contribution is -2.32. The molecule has 0 bridgehead atoms. The Labute approximate surface area is 224 Å². The maximum absolute atomic E-state index is 13.5. The van der Waals surface area contributed by atoms with Gasteiger partial charge in [0.05, 0.1) is 11.4 Å². The quantitative estimate of drug-likeness (QED) is 0.313. The standard InChI is InChI=1S/C29H26N4O4S/c1-17-7-8-20(19-9-10-19)13-22(17)33(28(30)35)29-32-25(21-11-12-23-24(14-21)37-16-36-23)26(38-29)27(34)31-15-18-5-3-2-4-6-18/h2-8,11-14,19H,9-10,15-16H2,1H3,(H2,30,35)(H,31,34). The number of primary amides is 1. The van der Waals surface area contributed by atoms with E-state index in [1.807, 2.05) is 55.5 Å². The number of rotatable bonds is 7. The second kappa shape index (κ2) is 9.83. The van der Waals surface area contributed by atoms with Gasteiger partial charge in [-0.25, -0.2) is 14.7 Å². The SMILES string of the molecule is Cc1ccc(C2CC2)cc1N(C(N)=O)c1nc(-c2ccc3c(c2)OCO3)c(C(=O)NCc2ccccc2)s1. The maximum Gasteiger partial charge on any atom is 0.325 e. The Hall–Kier alpha value is -4.37. The molecule has 9 heteroatoms. The Morgan fingerprint density at radius 1 is 1.05 bits per heavy atom. The van der Waals surface area contributed by atoms with E-state index in [9.17, 15) is 9.59 Å². The van der Waals surface area contributed by atoms with Crippen molar-refractivity contribution in [1.82, 2.24) is 10.3 Å². The number of amides is 3. The fourth-order valence-corrected chi connectivity index (χ4v) is 5.53. The van der Waals surface area contributed by atoms with Crippen LogP contribution in [0.5, 0.6) is 11.5 Å². The number of nitrogens with zero attached hydrogens (tertiary/aromatic N) is 2. The van der Waals surface area contributed by atoms with Crippen LogP contribution in [0.2, 0.25) is 0 Å². The number of anilines is 2. The van der Waals surface area contributed by atoms with Crippen LogP contribution in [0.3, 0.4) is 0 Å². The van der Waals surface area contributed by atoms with Crippen molar-refractivity contribution in [2.24, 2.45) is 5.73 Å². The number of hydrogen-bond donors (Lipinski definition) is 2. The van der Waals surface area contributed by atoms with Crippen LogP contribution in [0.1, 0.15) is 45.1 Å². The molecule has 4 aromatic rings. The first-order chi connectivity index (χ1) is 18.5. The number of benzene rings is 3. The van der Waals surface area contributed by atoms with Gasteiger partial charge >= 0.3 is 6.03 Å². The zero-order valence-electron chi connectivity index (χ0n) is 20.8. The third kappa shape index (κ3) is 4.68. The molecule has 3 aromatic carbocycles. The summed E-state index contributed by atoms with van der Waals surface area (Å²) in [5.74, 6) is 1.42. The molecule has 1 aliphatic carbocycles. The van der Waals surface area contributed by atoms with E-state index in [0.717, 1.165) is 35.3 Å². The second-order valence-corrected chi connectivity index (χ2v) is 10.4. The minimum atomic E-state index is -0.664. The van der Waals surface area contributed by atoms with Crippen LogP contribution in [0.4, 0.5) is 15.6 Å². The highest BCUT2D eigenvalue weighted by Crippen LogP contribution is 2.44. The van der Waals surface area contributed by atoms with Crippen molar-refractivity contribution in [1.29, 1.82) is 0 Å². The fourth-order valence-electron chi connectivity index (χ4n) is 4.51. The van der Waals surface area contributed by atoms with Crippen molar-refractivity contribution in [2.45, 2.75) is 32.2 Å². The highest BCUT2D eigenvalue weighted by Gasteiger charge is 2.29. The summed E-state index contributed by atoms with van der Waals surface area (Å²) < 4.78 is 11.0. The Bertz CT molecular complexity index is 1530. The van der Waals surface area contributed by atoms with Gasteiger partial charge in [-0.2, -0.15) is 0 Å². The molecular formula is C29H26N4O4S. The van der Waals surface area contributed by atoms with E-state index in [4.69, 9.17) is 20.2 Å². The minimum Gasteiger partial charge on any atom is -0.454 e. The molecule has 8 nitrogen and oxygen atoms in total. The van der Waals surface area contributed by atoms with Crippen LogP contribution < -0.4 is 25.4 Å². The number of aromatic nitrogens is 1. The van der Waals surface area contributed by atoms with Crippen LogP contribution >= 0.6 is 11.3 Å². The third-order valence-corrected chi connectivity index (χ3v) is 7.74. The van der Waals surface area contributed by atoms with Crippen molar-refractivity contribution in [3.63, 3.8) is 0 Å². The van der Waals surface area contributed by atoms with Gasteiger partial charge in [0.15, 0.2) is 16.6 Å². The van der Waals surface area contributed by atoms with Crippen molar-refractivity contribution in [3.05, 3.63) is 88.3 Å². The number of fused-ring (bicyclic) bond motifs is 1. The molecule has 0 spiro atoms. The second-order valence-electron chi connectivity index (χ2n) is 9.40. The zero-order valence-corrected chi connectivity index (χ0v) is 21.6. The van der Waals surface area contributed by atoms with Gasteiger partial charge in [0.1, 0.15) is 4.88 Å². The average molecular weight is 527 g/mol. The molecule has 1 saturated carbocycles. The average Bonchev–Trinajstić information content (AvgIpc) is 3.51. The molecule has 1 fully saturated rings. The van der Waals surface area contributed by atoms with Gasteiger partial charge in [-0.05, 0) is 66.6 Å². The first-order valence-corrected chi connectivity index (χ1v) is 13.2. The lowest BCUT2D eigenvalue weighted by Gasteiger charge is -2.20. The third-order valence-electron chi connectivity index (χ3n) is 6.70. The molecule has 3 N–H and O–H groups in total. The van der Waals surface area contributed by atoms with Gasteiger partial charge in [0.2, 0.25) is 6.79 Å². The molecule has 38 heavy (non-hydrogen) atoms. The van der Waals surface area contributed by atoms with E-state index in [1.54, 1.807) is 12.1 Å². The predicted molar refractivity (Wildman–Crippen MR) is 146 cm³/mol. The lowest BCUT2D eigenvalue weighted by atomic mass is 10.1. The minimum absolute atomic E-state index is 0.136. The smallest absolute Gasteiger partial charge is 0.325 e. The molecule has 192 valence electrons. The summed E-state index contributed by atoms with van der Waals surface area (Å²) in [5.41, 5.74) is 10.7. The van der Waals surface area contributed by atoms with Crippen molar-refractivity contribution in [2.75, 3.05) is 11.7 Å². The Balaban J connectivity index is 1.41. The summed E-state index contributed by atoms with van der Waals surface area (Å²) in [7, 11) is 0. The fraction of sp³-hybridized carbons (Fsp3) is 0.207. The molecule has 0 atom stereocenters. The molecule has 6 rings (SSSR count). The monoisotopic (exact) mass is 526 g/mol. The molecule has 0 radical (unpaired) electrons. The normalized spacial score (nSPS) is 13.8. The van der Waals surface area contributed by atoms with Crippen molar-refractivity contribution >= 4 is 34.1 Å². The molecule has 2 heterocycles. The number of nitrogens with one attached hydrogen (secondary N) is 1. The first-order valence-electron chi connectivity index (χ1n) is 12.4. The molecule has 3 amide bonds. The molecule has 0 saturated heterocycles. The van der Waals surface area contributed by atoms with Crippen LogP contribution in [0.25, 0.3) is 11.3 Å². The van der Waals surface area contributed by atoms with Crippen molar-refractivity contribution < 1.29 is 19.1 Å². The number of nitrogens with two attached hydrogens (primary N) is 1. The highest BCUT2D eigenvalue weighted by atomic mass is 32.1. The van der Waals surface area contributed by atoms with Crippen LogP contribution in [0, 0.1) is 6.92 Å². The van der Waals surface area contributed by atoms with E-state index >= 15 is 0 Å².